The number of amides is 1. The molecule has 3 saturated carbocycles. The van der Waals surface area contributed by atoms with Gasteiger partial charge in [0.25, 0.3) is 0 Å². The van der Waals surface area contributed by atoms with Gasteiger partial charge in [-0.3, -0.25) is 0 Å². The number of aromatic nitrogens is 2. The lowest BCUT2D eigenvalue weighted by molar-refractivity contribution is 0.0918. The standard InChI is InChI=1S/C24H31N5O4S.3H2/c1-23(7-8-23)28-22(30)33-15-16-11-17(12-16)18-13-25-21(26-14-18)27-19-3-5-20(6-4-19)34(31,32)29-24(2)9-10-24;;;/h3-6,13-14,16-17,29H,7-12,15H2,1-2H3,(H,28,30)(H,25,26,27);3*1H. The third-order valence-electron chi connectivity index (χ3n) is 7.03. The van der Waals surface area contributed by atoms with Crippen molar-refractivity contribution >= 4 is 27.8 Å². The lowest BCUT2D eigenvalue weighted by Gasteiger charge is -2.34. The predicted octanol–water partition coefficient (Wildman–Crippen LogP) is 4.56. The number of carbonyl (C=O) groups is 1. The minimum absolute atomic E-state index is 0. The van der Waals surface area contributed by atoms with Crippen LogP contribution < -0.4 is 15.4 Å². The van der Waals surface area contributed by atoms with Crippen molar-refractivity contribution in [3.8, 4) is 0 Å². The Bertz CT molecular complexity index is 1170. The molecule has 0 spiro atoms. The molecule has 3 N–H and O–H groups in total. The van der Waals surface area contributed by atoms with Crippen molar-refractivity contribution < 1.29 is 22.2 Å². The van der Waals surface area contributed by atoms with Gasteiger partial charge in [0, 0.05) is 33.4 Å². The second-order valence-corrected chi connectivity index (χ2v) is 12.2. The molecule has 0 aliphatic heterocycles. The summed E-state index contributed by atoms with van der Waals surface area (Å²) >= 11 is 0. The van der Waals surface area contributed by atoms with Gasteiger partial charge in [-0.05, 0) is 94.0 Å². The summed E-state index contributed by atoms with van der Waals surface area (Å²) in [5.41, 5.74) is 1.42. The molecule has 9 nitrogen and oxygen atoms in total. The van der Waals surface area contributed by atoms with Crippen molar-refractivity contribution in [3.05, 3.63) is 42.2 Å². The van der Waals surface area contributed by atoms with Crippen LogP contribution >= 0.6 is 0 Å². The molecule has 0 bridgehead atoms. The molecular weight excluding hydrogens is 454 g/mol. The Kier molecular flexibility index (Phi) is 5.76. The van der Waals surface area contributed by atoms with Gasteiger partial charge < -0.3 is 15.4 Å². The van der Waals surface area contributed by atoms with E-state index in [1.807, 2.05) is 26.2 Å². The molecule has 2 aromatic rings. The molecule has 1 heterocycles. The summed E-state index contributed by atoms with van der Waals surface area (Å²) in [6.45, 7) is 4.38. The van der Waals surface area contributed by atoms with Crippen LogP contribution in [0.4, 0.5) is 16.4 Å². The molecule has 34 heavy (non-hydrogen) atoms. The van der Waals surface area contributed by atoms with Crippen LogP contribution in [-0.2, 0) is 14.8 Å². The second-order valence-electron chi connectivity index (χ2n) is 10.5. The number of benzene rings is 1. The molecule has 10 heteroatoms. The van der Waals surface area contributed by atoms with Gasteiger partial charge in [0.1, 0.15) is 0 Å². The van der Waals surface area contributed by atoms with Crippen LogP contribution in [0.15, 0.2) is 41.6 Å². The van der Waals surface area contributed by atoms with E-state index in [0.29, 0.717) is 30.1 Å². The molecule has 1 aromatic heterocycles. The molecule has 3 aliphatic carbocycles. The van der Waals surface area contributed by atoms with Gasteiger partial charge in [-0.25, -0.2) is 27.9 Å². The number of hydrogen-bond donors (Lipinski definition) is 3. The van der Waals surface area contributed by atoms with Crippen LogP contribution in [0.5, 0.6) is 0 Å². The summed E-state index contributed by atoms with van der Waals surface area (Å²) in [6, 6.07) is 6.56. The molecule has 1 aromatic carbocycles. The van der Waals surface area contributed by atoms with Crippen molar-refractivity contribution in [2.75, 3.05) is 11.9 Å². The lowest BCUT2D eigenvalue weighted by atomic mass is 9.72. The van der Waals surface area contributed by atoms with Crippen LogP contribution in [0.3, 0.4) is 0 Å². The minimum Gasteiger partial charge on any atom is -0.449 e. The van der Waals surface area contributed by atoms with Crippen LogP contribution in [0.25, 0.3) is 0 Å². The number of rotatable bonds is 9. The Balaban J connectivity index is 0.00000160. The number of nitrogens with one attached hydrogen (secondary N) is 3. The van der Waals surface area contributed by atoms with Gasteiger partial charge in [-0.1, -0.05) is 0 Å². The molecule has 3 fully saturated rings. The van der Waals surface area contributed by atoms with Gasteiger partial charge in [0.2, 0.25) is 16.0 Å². The zero-order valence-corrected chi connectivity index (χ0v) is 20.3. The van der Waals surface area contributed by atoms with Gasteiger partial charge in [0.15, 0.2) is 0 Å². The Labute approximate surface area is 204 Å². The molecule has 5 rings (SSSR count). The number of sulfonamides is 1. The van der Waals surface area contributed by atoms with Gasteiger partial charge in [0.05, 0.1) is 11.5 Å². The van der Waals surface area contributed by atoms with E-state index in [2.05, 4.69) is 25.3 Å². The first kappa shape index (κ1) is 23.0. The molecule has 0 saturated heterocycles. The van der Waals surface area contributed by atoms with Crippen LogP contribution in [-0.4, -0.2) is 42.2 Å². The van der Waals surface area contributed by atoms with Crippen molar-refractivity contribution in [1.29, 1.82) is 0 Å². The van der Waals surface area contributed by atoms with Crippen molar-refractivity contribution in [2.24, 2.45) is 5.92 Å². The molecular formula is C24H37N5O4S. The molecule has 1 amide bonds. The van der Waals surface area contributed by atoms with Crippen molar-refractivity contribution in [2.45, 2.75) is 74.3 Å². The first-order chi connectivity index (χ1) is 16.1. The summed E-state index contributed by atoms with van der Waals surface area (Å²) in [6.07, 6.45) is 8.98. The van der Waals surface area contributed by atoms with E-state index in [9.17, 15) is 13.2 Å². The van der Waals surface area contributed by atoms with Gasteiger partial charge in [-0.2, -0.15) is 0 Å². The quantitative estimate of drug-likeness (QED) is 0.470. The summed E-state index contributed by atoms with van der Waals surface area (Å²) in [5, 5.41) is 6.01. The summed E-state index contributed by atoms with van der Waals surface area (Å²) in [5.74, 6) is 1.19. The van der Waals surface area contributed by atoms with E-state index < -0.39 is 10.0 Å². The molecule has 0 radical (unpaired) electrons. The highest BCUT2D eigenvalue weighted by Crippen LogP contribution is 2.41. The minimum atomic E-state index is -3.52. The predicted molar refractivity (Wildman–Crippen MR) is 134 cm³/mol. The lowest BCUT2D eigenvalue weighted by Crippen LogP contribution is -2.36. The maximum Gasteiger partial charge on any atom is 0.407 e. The summed E-state index contributed by atoms with van der Waals surface area (Å²) in [7, 11) is -3.52. The van der Waals surface area contributed by atoms with Crippen LogP contribution in [0, 0.1) is 5.92 Å². The average molecular weight is 492 g/mol. The van der Waals surface area contributed by atoms with E-state index in [1.165, 1.54) is 0 Å². The Morgan fingerprint density at radius 1 is 1.06 bits per heavy atom. The fourth-order valence-corrected chi connectivity index (χ4v) is 5.53. The van der Waals surface area contributed by atoms with E-state index in [-0.39, 0.29) is 26.3 Å². The number of anilines is 2. The molecule has 3 aliphatic rings. The first-order valence-electron chi connectivity index (χ1n) is 11.8. The largest absolute Gasteiger partial charge is 0.449 e. The third-order valence-corrected chi connectivity index (χ3v) is 8.69. The zero-order chi connectivity index (χ0) is 24.0. The van der Waals surface area contributed by atoms with Crippen LogP contribution in [0.2, 0.25) is 0 Å². The number of ether oxygens (including phenoxy) is 1. The SMILES string of the molecule is CC1(NC(=O)OCC2CC(c3cnc(Nc4ccc(S(=O)(=O)NC5(C)CC5)cc4)nc3)C2)CC1.[HH].[HH].[HH]. The smallest absolute Gasteiger partial charge is 0.407 e. The average Bonchev–Trinajstić information content (AvgIpc) is 3.67. The Hall–Kier alpha value is -2.72. The highest BCUT2D eigenvalue weighted by molar-refractivity contribution is 7.89. The van der Waals surface area contributed by atoms with Gasteiger partial charge >= 0.3 is 6.09 Å². The second kappa shape index (κ2) is 8.49. The maximum atomic E-state index is 12.5. The highest BCUT2D eigenvalue weighted by atomic mass is 32.2. The highest BCUT2D eigenvalue weighted by Gasteiger charge is 2.41. The third kappa shape index (κ3) is 5.50. The Morgan fingerprint density at radius 3 is 2.26 bits per heavy atom. The fraction of sp³-hybridized carbons (Fsp3) is 0.542. The molecule has 0 unspecified atom stereocenters. The summed E-state index contributed by atoms with van der Waals surface area (Å²) in [4.78, 5) is 20.9. The monoisotopic (exact) mass is 491 g/mol. The number of nitrogens with zero attached hydrogens (tertiary/aromatic N) is 2. The number of carbonyl (C=O) groups excluding carboxylic acids is 1. The van der Waals surface area contributed by atoms with E-state index in [0.717, 1.165) is 44.1 Å². The van der Waals surface area contributed by atoms with E-state index >= 15 is 0 Å². The maximum absolute atomic E-state index is 12.5. The van der Waals surface area contributed by atoms with E-state index in [1.54, 1.807) is 24.3 Å². The van der Waals surface area contributed by atoms with E-state index in [4.69, 9.17) is 4.74 Å². The Morgan fingerprint density at radius 2 is 1.68 bits per heavy atom. The zero-order valence-electron chi connectivity index (χ0n) is 19.5. The summed E-state index contributed by atoms with van der Waals surface area (Å²) < 4.78 is 33.0. The van der Waals surface area contributed by atoms with Crippen molar-refractivity contribution in [1.82, 2.24) is 20.0 Å². The number of hydrogen-bond acceptors (Lipinski definition) is 7. The van der Waals surface area contributed by atoms with Crippen LogP contribution in [0.1, 0.15) is 68.1 Å². The first-order valence-corrected chi connectivity index (χ1v) is 13.3. The molecule has 188 valence electrons. The topological polar surface area (TPSA) is 122 Å². The van der Waals surface area contributed by atoms with Gasteiger partial charge in [-0.15, -0.1) is 0 Å². The van der Waals surface area contributed by atoms with Crippen molar-refractivity contribution in [3.63, 3.8) is 0 Å². The fourth-order valence-electron chi connectivity index (χ4n) is 4.07. The molecule has 0 atom stereocenters. The normalized spacial score (nSPS) is 23.9. The number of alkyl carbamates (subject to hydrolysis) is 1.